The van der Waals surface area contributed by atoms with Gasteiger partial charge in [0.15, 0.2) is 0 Å². The average molecular weight is 816 g/mol. The van der Waals surface area contributed by atoms with E-state index in [1.807, 2.05) is 12.3 Å². The van der Waals surface area contributed by atoms with Crippen molar-refractivity contribution < 1.29 is 0 Å². The molecule has 0 saturated heterocycles. The Labute approximate surface area is 351 Å². The summed E-state index contributed by atoms with van der Waals surface area (Å²) in [5.41, 5.74) is 17.8. The summed E-state index contributed by atoms with van der Waals surface area (Å²) in [7, 11) is 0. The molecule has 0 atom stereocenters. The maximum absolute atomic E-state index is 4.70. The predicted octanol–water partition coefficient (Wildman–Crippen LogP) is 15.3. The van der Waals surface area contributed by atoms with Gasteiger partial charge in [-0.3, -0.25) is 0 Å². The molecular formula is C56H35BrN2. The molecule has 0 unspecified atom stereocenters. The molecule has 0 radical (unpaired) electrons. The first-order valence-corrected chi connectivity index (χ1v) is 20.9. The third-order valence-electron chi connectivity index (χ3n) is 12.6. The van der Waals surface area contributed by atoms with Crippen LogP contribution in [0.2, 0.25) is 0 Å². The summed E-state index contributed by atoms with van der Waals surface area (Å²) in [6.07, 6.45) is 1.99. The lowest BCUT2D eigenvalue weighted by Crippen LogP contribution is -2.36. The quantitative estimate of drug-likeness (QED) is 0.130. The van der Waals surface area contributed by atoms with E-state index in [1.165, 1.54) is 94.1 Å². The van der Waals surface area contributed by atoms with Gasteiger partial charge in [0.1, 0.15) is 4.60 Å². The molecule has 2 aliphatic rings. The first-order valence-electron chi connectivity index (χ1n) is 20.1. The Morgan fingerprint density at radius 2 is 0.915 bits per heavy atom. The van der Waals surface area contributed by atoms with Crippen LogP contribution in [0.15, 0.2) is 217 Å². The van der Waals surface area contributed by atoms with Gasteiger partial charge in [-0.2, -0.15) is 0 Å². The lowest BCUT2D eigenvalue weighted by molar-refractivity contribution is 0.753. The number of hydrogen-bond donors (Lipinski definition) is 0. The summed E-state index contributed by atoms with van der Waals surface area (Å²) in [5, 5.41) is 4.84. The van der Waals surface area contributed by atoms with Gasteiger partial charge >= 0.3 is 0 Å². The fraction of sp³-hybridized carbons (Fsp3) is 0.0179. The Bertz CT molecular complexity index is 3230. The maximum atomic E-state index is 4.70. The number of halogens is 1. The van der Waals surface area contributed by atoms with Gasteiger partial charge < -0.3 is 4.90 Å². The number of pyridine rings is 1. The first-order chi connectivity index (χ1) is 29.2. The molecule has 59 heavy (non-hydrogen) atoms. The molecule has 0 bridgehead atoms. The molecular weight excluding hydrogens is 781 g/mol. The normalized spacial score (nSPS) is 13.3. The maximum Gasteiger partial charge on any atom is 0.106 e. The van der Waals surface area contributed by atoms with Crippen LogP contribution in [0, 0.1) is 0 Å². The van der Waals surface area contributed by atoms with Gasteiger partial charge in [-0.25, -0.2) is 4.98 Å². The molecule has 0 amide bonds. The summed E-state index contributed by atoms with van der Waals surface area (Å²) in [4.78, 5) is 7.14. The average Bonchev–Trinajstić information content (AvgIpc) is 3.59. The molecule has 0 saturated carbocycles. The van der Waals surface area contributed by atoms with Crippen LogP contribution in [0.5, 0.6) is 0 Å². The summed E-state index contributed by atoms with van der Waals surface area (Å²) >= 11 is 3.58. The monoisotopic (exact) mass is 814 g/mol. The number of benzene rings is 9. The predicted molar refractivity (Wildman–Crippen MR) is 249 cm³/mol. The number of aromatic nitrogens is 1. The lowest BCUT2D eigenvalue weighted by atomic mass is 9.64. The molecule has 10 aromatic rings. The van der Waals surface area contributed by atoms with Crippen LogP contribution in [0.3, 0.4) is 0 Å². The van der Waals surface area contributed by atoms with Crippen molar-refractivity contribution in [2.24, 2.45) is 0 Å². The number of para-hydroxylation sites is 3. The van der Waals surface area contributed by atoms with Crippen molar-refractivity contribution in [3.8, 4) is 44.5 Å². The topological polar surface area (TPSA) is 16.1 Å². The zero-order valence-corrected chi connectivity index (χ0v) is 33.6. The number of rotatable bonds is 4. The molecule has 2 nitrogen and oxygen atoms in total. The molecule has 1 aromatic heterocycles. The van der Waals surface area contributed by atoms with Gasteiger partial charge in [0, 0.05) is 17.4 Å². The number of anilines is 3. The minimum atomic E-state index is -0.551. The lowest BCUT2D eigenvalue weighted by Gasteiger charge is -2.45. The van der Waals surface area contributed by atoms with Crippen molar-refractivity contribution in [3.63, 3.8) is 0 Å². The van der Waals surface area contributed by atoms with E-state index in [9.17, 15) is 0 Å². The van der Waals surface area contributed by atoms with Crippen molar-refractivity contribution in [3.05, 3.63) is 239 Å². The van der Waals surface area contributed by atoms with E-state index in [0.29, 0.717) is 0 Å². The van der Waals surface area contributed by atoms with Crippen LogP contribution in [0.4, 0.5) is 17.1 Å². The third kappa shape index (κ3) is 4.95. The van der Waals surface area contributed by atoms with Gasteiger partial charge in [0.05, 0.1) is 16.8 Å². The van der Waals surface area contributed by atoms with Crippen molar-refractivity contribution in [2.45, 2.75) is 5.41 Å². The Kier molecular flexibility index (Phi) is 7.63. The van der Waals surface area contributed by atoms with Crippen LogP contribution in [-0.2, 0) is 5.41 Å². The summed E-state index contributed by atoms with van der Waals surface area (Å²) in [6.45, 7) is 0. The second-order valence-corrected chi connectivity index (χ2v) is 16.4. The molecule has 3 heteroatoms. The van der Waals surface area contributed by atoms with Gasteiger partial charge in [-0.15, -0.1) is 0 Å². The molecule has 1 spiro atoms. The van der Waals surface area contributed by atoms with Crippen LogP contribution in [-0.4, -0.2) is 4.98 Å². The summed E-state index contributed by atoms with van der Waals surface area (Å²) in [5.74, 6) is 0. The highest BCUT2D eigenvalue weighted by molar-refractivity contribution is 9.10. The van der Waals surface area contributed by atoms with Crippen LogP contribution < -0.4 is 4.90 Å². The summed E-state index contributed by atoms with van der Waals surface area (Å²) in [6, 6.07) is 76.1. The minimum absolute atomic E-state index is 0.551. The largest absolute Gasteiger partial charge is 0.310 e. The molecule has 9 aromatic carbocycles. The standard InChI is InChI=1S/C56H35BrN2/c57-53-32-29-39(35-58-53)55-44-21-8-7-20-43(44)54(46-33-37(27-31-45(46)55)36-15-3-1-4-16-36)38-28-30-42-41-19-9-10-22-47(41)56(50(42)34-38)48-23-11-13-25-51(48)59(40-17-5-2-6-18-40)52-26-14-12-24-49(52)56/h1-35H. The van der Waals surface area contributed by atoms with E-state index < -0.39 is 5.41 Å². The third-order valence-corrected chi connectivity index (χ3v) is 13.1. The van der Waals surface area contributed by atoms with E-state index in [2.05, 4.69) is 221 Å². The summed E-state index contributed by atoms with van der Waals surface area (Å²) < 4.78 is 0.823. The van der Waals surface area contributed by atoms with Crippen LogP contribution in [0.1, 0.15) is 22.3 Å². The smallest absolute Gasteiger partial charge is 0.106 e. The molecule has 1 aliphatic carbocycles. The number of fused-ring (bicyclic) bond motifs is 11. The van der Waals surface area contributed by atoms with E-state index >= 15 is 0 Å². The molecule has 276 valence electrons. The van der Waals surface area contributed by atoms with Crippen LogP contribution >= 0.6 is 15.9 Å². The van der Waals surface area contributed by atoms with E-state index in [1.54, 1.807) is 0 Å². The first kappa shape index (κ1) is 34.0. The van der Waals surface area contributed by atoms with E-state index in [4.69, 9.17) is 4.98 Å². The van der Waals surface area contributed by atoms with Crippen molar-refractivity contribution in [2.75, 3.05) is 4.90 Å². The van der Waals surface area contributed by atoms with Crippen molar-refractivity contribution in [1.82, 2.24) is 4.98 Å². The number of hydrogen-bond acceptors (Lipinski definition) is 2. The zero-order valence-electron chi connectivity index (χ0n) is 32.0. The Morgan fingerprint density at radius 1 is 0.373 bits per heavy atom. The van der Waals surface area contributed by atoms with Crippen LogP contribution in [0.25, 0.3) is 66.1 Å². The SMILES string of the molecule is Brc1ccc(-c2c3ccccc3c(-c3ccc4c(c3)C3(c5ccccc5-4)c4ccccc4N(c4ccccc4)c4ccccc43)c3cc(-c4ccccc4)ccc23)cn1. The van der Waals surface area contributed by atoms with Gasteiger partial charge in [0.2, 0.25) is 0 Å². The Balaban J connectivity index is 1.19. The second kappa shape index (κ2) is 13.2. The highest BCUT2D eigenvalue weighted by Crippen LogP contribution is 2.64. The molecule has 2 heterocycles. The van der Waals surface area contributed by atoms with Crippen molar-refractivity contribution in [1.29, 1.82) is 0 Å². The van der Waals surface area contributed by atoms with Gasteiger partial charge in [-0.1, -0.05) is 164 Å². The Morgan fingerprint density at radius 3 is 1.61 bits per heavy atom. The van der Waals surface area contributed by atoms with E-state index in [-0.39, 0.29) is 0 Å². The fourth-order valence-electron chi connectivity index (χ4n) is 10.3. The zero-order chi connectivity index (χ0) is 39.1. The highest BCUT2D eigenvalue weighted by Gasteiger charge is 2.51. The van der Waals surface area contributed by atoms with Crippen molar-refractivity contribution >= 4 is 54.5 Å². The fourth-order valence-corrected chi connectivity index (χ4v) is 10.5. The van der Waals surface area contributed by atoms with Gasteiger partial charge in [0.25, 0.3) is 0 Å². The second-order valence-electron chi connectivity index (χ2n) is 15.6. The highest BCUT2D eigenvalue weighted by atomic mass is 79.9. The molecule has 0 N–H and O–H groups in total. The van der Waals surface area contributed by atoms with E-state index in [0.717, 1.165) is 15.9 Å². The molecule has 1 aliphatic heterocycles. The van der Waals surface area contributed by atoms with Gasteiger partial charge in [-0.05, 0) is 141 Å². The molecule has 0 fully saturated rings. The molecule has 12 rings (SSSR count). The minimum Gasteiger partial charge on any atom is -0.310 e. The number of nitrogens with zero attached hydrogens (tertiary/aromatic N) is 2. The Hall–Kier alpha value is -7.07.